The van der Waals surface area contributed by atoms with Gasteiger partial charge >= 0.3 is 12.1 Å². The summed E-state index contributed by atoms with van der Waals surface area (Å²) in [6.45, 7) is 2.29. The molecule has 2 rings (SSSR count). The van der Waals surface area contributed by atoms with Crippen molar-refractivity contribution in [3.05, 3.63) is 24.3 Å². The second kappa shape index (κ2) is 6.11. The molecule has 8 nitrogen and oxygen atoms in total. The fraction of sp³-hybridized carbons (Fsp3) is 0.333. The molecule has 8 heteroatoms. The summed E-state index contributed by atoms with van der Waals surface area (Å²) in [7, 11) is 0. The summed E-state index contributed by atoms with van der Waals surface area (Å²) in [6.07, 6.45) is -0.878. The van der Waals surface area contributed by atoms with E-state index in [1.807, 2.05) is 17.6 Å². The molecular weight excluding hydrogens is 262 g/mol. The molecule has 20 heavy (non-hydrogen) atoms. The van der Waals surface area contributed by atoms with Crippen LogP contribution in [0.1, 0.15) is 0 Å². The van der Waals surface area contributed by atoms with E-state index in [0.717, 1.165) is 5.69 Å². The first-order valence-electron chi connectivity index (χ1n) is 6.20. The number of piperazine rings is 1. The number of urea groups is 1. The number of nitrogens with one attached hydrogen (secondary N) is 2. The fourth-order valence-corrected chi connectivity index (χ4v) is 2.08. The number of nitrogens with zero attached hydrogens (tertiary/aromatic N) is 2. The third-order valence-corrected chi connectivity index (χ3v) is 3.17. The Hall–Kier alpha value is -2.48. The van der Waals surface area contributed by atoms with Crippen molar-refractivity contribution in [1.29, 1.82) is 0 Å². The van der Waals surface area contributed by atoms with E-state index in [9.17, 15) is 9.59 Å². The minimum absolute atomic E-state index is 0.479. The Morgan fingerprint density at radius 1 is 1.10 bits per heavy atom. The Bertz CT molecular complexity index is 482. The zero-order valence-electron chi connectivity index (χ0n) is 10.9. The Morgan fingerprint density at radius 2 is 1.70 bits per heavy atom. The SMILES string of the molecule is NNC(=O)Nc1ccc(N2CCN(C(=O)O)CC2)cc1. The highest BCUT2D eigenvalue weighted by Crippen LogP contribution is 2.19. The van der Waals surface area contributed by atoms with Gasteiger partial charge in [0, 0.05) is 37.6 Å². The molecule has 1 heterocycles. The Labute approximate surface area is 116 Å². The lowest BCUT2D eigenvalue weighted by Gasteiger charge is -2.34. The van der Waals surface area contributed by atoms with Crippen molar-refractivity contribution in [2.24, 2.45) is 5.84 Å². The van der Waals surface area contributed by atoms with Crippen LogP contribution in [0.25, 0.3) is 0 Å². The van der Waals surface area contributed by atoms with E-state index in [1.54, 1.807) is 12.1 Å². The van der Waals surface area contributed by atoms with Crippen molar-refractivity contribution in [3.8, 4) is 0 Å². The van der Waals surface area contributed by atoms with E-state index < -0.39 is 12.1 Å². The zero-order chi connectivity index (χ0) is 14.5. The quantitative estimate of drug-likeness (QED) is 0.357. The summed E-state index contributed by atoms with van der Waals surface area (Å²) in [5, 5.41) is 11.5. The van der Waals surface area contributed by atoms with E-state index in [1.165, 1.54) is 4.90 Å². The number of hydrazine groups is 1. The number of amides is 3. The summed E-state index contributed by atoms with van der Waals surface area (Å²) >= 11 is 0. The van der Waals surface area contributed by atoms with Gasteiger partial charge in [-0.05, 0) is 24.3 Å². The van der Waals surface area contributed by atoms with Crippen molar-refractivity contribution < 1.29 is 14.7 Å². The minimum Gasteiger partial charge on any atom is -0.465 e. The van der Waals surface area contributed by atoms with Gasteiger partial charge in [0.05, 0.1) is 0 Å². The molecule has 1 aromatic carbocycles. The number of carbonyl (C=O) groups excluding carboxylic acids is 1. The van der Waals surface area contributed by atoms with Gasteiger partial charge in [-0.2, -0.15) is 0 Å². The first-order valence-corrected chi connectivity index (χ1v) is 6.20. The first-order chi connectivity index (χ1) is 9.60. The maximum atomic E-state index is 11.0. The van der Waals surface area contributed by atoms with Crippen LogP contribution in [-0.4, -0.2) is 48.3 Å². The standard InChI is InChI=1S/C12H17N5O3/c13-15-11(18)14-9-1-3-10(4-2-9)16-5-7-17(8-6-16)12(19)20/h1-4H,5-8,13H2,(H,19,20)(H2,14,15,18). The van der Waals surface area contributed by atoms with Crippen LogP contribution in [0.4, 0.5) is 21.0 Å². The van der Waals surface area contributed by atoms with E-state index in [2.05, 4.69) is 10.2 Å². The van der Waals surface area contributed by atoms with Gasteiger partial charge in [-0.15, -0.1) is 0 Å². The molecule has 0 atom stereocenters. The Morgan fingerprint density at radius 3 is 2.20 bits per heavy atom. The van der Waals surface area contributed by atoms with E-state index in [-0.39, 0.29) is 0 Å². The lowest BCUT2D eigenvalue weighted by molar-refractivity contribution is 0.142. The van der Waals surface area contributed by atoms with Crippen molar-refractivity contribution in [2.75, 3.05) is 36.4 Å². The molecule has 1 aromatic rings. The third kappa shape index (κ3) is 3.29. The molecule has 1 aliphatic heterocycles. The molecule has 0 saturated carbocycles. The molecule has 0 aliphatic carbocycles. The molecule has 108 valence electrons. The van der Waals surface area contributed by atoms with Crippen molar-refractivity contribution >= 4 is 23.5 Å². The fourth-order valence-electron chi connectivity index (χ4n) is 2.08. The zero-order valence-corrected chi connectivity index (χ0v) is 10.9. The van der Waals surface area contributed by atoms with Gasteiger partial charge in [-0.3, -0.25) is 5.43 Å². The maximum absolute atomic E-state index is 11.0. The summed E-state index contributed by atoms with van der Waals surface area (Å²) in [6, 6.07) is 6.82. The minimum atomic E-state index is -0.878. The van der Waals surface area contributed by atoms with Gasteiger partial charge in [0.2, 0.25) is 0 Å². The number of hydrogen-bond donors (Lipinski definition) is 4. The van der Waals surface area contributed by atoms with Crippen LogP contribution < -0.4 is 21.5 Å². The first kappa shape index (κ1) is 13.9. The second-order valence-electron chi connectivity index (χ2n) is 4.40. The summed E-state index contributed by atoms with van der Waals surface area (Å²) in [4.78, 5) is 25.4. The number of anilines is 2. The third-order valence-electron chi connectivity index (χ3n) is 3.17. The number of rotatable bonds is 2. The monoisotopic (exact) mass is 279 g/mol. The lowest BCUT2D eigenvalue weighted by Crippen LogP contribution is -2.48. The average Bonchev–Trinajstić information content (AvgIpc) is 2.48. The molecule has 0 bridgehead atoms. The molecule has 1 saturated heterocycles. The lowest BCUT2D eigenvalue weighted by atomic mass is 10.2. The maximum Gasteiger partial charge on any atom is 0.407 e. The summed E-state index contributed by atoms with van der Waals surface area (Å²) in [5.41, 5.74) is 3.62. The molecule has 0 spiro atoms. The van der Waals surface area contributed by atoms with Crippen LogP contribution in [0.15, 0.2) is 24.3 Å². The predicted octanol–water partition coefficient (Wildman–Crippen LogP) is 0.482. The number of carbonyl (C=O) groups is 2. The van der Waals surface area contributed by atoms with Gasteiger partial charge < -0.3 is 20.2 Å². The normalized spacial score (nSPS) is 14.8. The molecule has 0 aromatic heterocycles. The van der Waals surface area contributed by atoms with Crippen molar-refractivity contribution in [1.82, 2.24) is 10.3 Å². The average molecular weight is 279 g/mol. The Balaban J connectivity index is 1.94. The van der Waals surface area contributed by atoms with Gasteiger partial charge in [0.15, 0.2) is 0 Å². The molecule has 1 fully saturated rings. The largest absolute Gasteiger partial charge is 0.465 e. The van der Waals surface area contributed by atoms with Gasteiger partial charge in [-0.1, -0.05) is 0 Å². The summed E-state index contributed by atoms with van der Waals surface area (Å²) in [5.74, 6) is 4.98. The van der Waals surface area contributed by atoms with Crippen molar-refractivity contribution in [3.63, 3.8) is 0 Å². The van der Waals surface area contributed by atoms with Gasteiger partial charge in [0.1, 0.15) is 0 Å². The summed E-state index contributed by atoms with van der Waals surface area (Å²) < 4.78 is 0. The second-order valence-corrected chi connectivity index (χ2v) is 4.40. The number of carboxylic acid groups (broad SMARTS) is 1. The highest BCUT2D eigenvalue weighted by Gasteiger charge is 2.20. The van der Waals surface area contributed by atoms with Crippen LogP contribution in [-0.2, 0) is 0 Å². The topological polar surface area (TPSA) is 111 Å². The van der Waals surface area contributed by atoms with Crippen LogP contribution in [0.5, 0.6) is 0 Å². The molecular formula is C12H17N5O3. The van der Waals surface area contributed by atoms with E-state index in [0.29, 0.717) is 31.9 Å². The van der Waals surface area contributed by atoms with Crippen molar-refractivity contribution in [2.45, 2.75) is 0 Å². The van der Waals surface area contributed by atoms with Gasteiger partial charge in [0.25, 0.3) is 0 Å². The van der Waals surface area contributed by atoms with Crippen LogP contribution in [0.2, 0.25) is 0 Å². The predicted molar refractivity (Wildman–Crippen MR) is 74.6 cm³/mol. The molecule has 0 unspecified atom stereocenters. The number of benzene rings is 1. The Kier molecular flexibility index (Phi) is 4.26. The molecule has 0 radical (unpaired) electrons. The van der Waals surface area contributed by atoms with Crippen LogP contribution >= 0.6 is 0 Å². The van der Waals surface area contributed by atoms with Crippen LogP contribution in [0, 0.1) is 0 Å². The number of hydrogen-bond acceptors (Lipinski definition) is 4. The molecule has 5 N–H and O–H groups in total. The van der Waals surface area contributed by atoms with E-state index >= 15 is 0 Å². The molecule has 3 amide bonds. The smallest absolute Gasteiger partial charge is 0.407 e. The van der Waals surface area contributed by atoms with E-state index in [4.69, 9.17) is 10.9 Å². The highest BCUT2D eigenvalue weighted by molar-refractivity contribution is 5.88. The number of nitrogens with two attached hydrogens (primary N) is 1. The van der Waals surface area contributed by atoms with Gasteiger partial charge in [-0.25, -0.2) is 15.4 Å². The van der Waals surface area contributed by atoms with Crippen LogP contribution in [0.3, 0.4) is 0 Å². The highest BCUT2D eigenvalue weighted by atomic mass is 16.4. The molecule has 1 aliphatic rings.